The second-order valence-electron chi connectivity index (χ2n) is 9.47. The van der Waals surface area contributed by atoms with E-state index in [9.17, 15) is 4.91 Å². The number of imidazole rings is 1. The lowest BCUT2D eigenvalue weighted by atomic mass is 10.1. The number of likely N-dealkylation sites (N-methyl/N-ethyl adjacent to an activating group) is 1. The Morgan fingerprint density at radius 3 is 2.05 bits per heavy atom. The Kier molecular flexibility index (Phi) is 12.8. The van der Waals surface area contributed by atoms with E-state index in [1.165, 1.54) is 0 Å². The van der Waals surface area contributed by atoms with Crippen LogP contribution in [0.25, 0.3) is 33.3 Å². The number of aromatic nitrogens is 2. The highest BCUT2D eigenvalue weighted by Gasteiger charge is 2.17. The molecule has 2 aromatic carbocycles. The van der Waals surface area contributed by atoms with Gasteiger partial charge in [-0.05, 0) is 43.3 Å². The molecule has 0 amide bonds. The molecule has 11 nitrogen and oxygen atoms in total. The number of hydrogen-bond acceptors (Lipinski definition) is 9. The van der Waals surface area contributed by atoms with Crippen LogP contribution in [0, 0.1) is 11.8 Å². The minimum atomic E-state index is 0.314. The summed E-state index contributed by atoms with van der Waals surface area (Å²) in [6.45, 7) is 7.86. The summed E-state index contributed by atoms with van der Waals surface area (Å²) < 4.78 is 33.6. The fraction of sp³-hybridized carbons (Fsp3) is 0.467. The highest BCUT2D eigenvalue weighted by Crippen LogP contribution is 2.28. The summed E-state index contributed by atoms with van der Waals surface area (Å²) in [5.41, 5.74) is 3.91. The van der Waals surface area contributed by atoms with Crippen LogP contribution in [0.3, 0.4) is 0 Å². The fourth-order valence-corrected chi connectivity index (χ4v) is 4.39. The first-order valence-electron chi connectivity index (χ1n) is 14.0. The number of H-pyrrole nitrogens is 1. The minimum absolute atomic E-state index is 0.314. The molecular formula is C30H38ClN4O7+. The number of aromatic amines is 1. The van der Waals surface area contributed by atoms with Gasteiger partial charge in [0, 0.05) is 30.7 Å². The molecule has 0 spiro atoms. The van der Waals surface area contributed by atoms with E-state index in [1.807, 2.05) is 50.4 Å². The molecule has 0 saturated heterocycles. The Bertz CT molecular complexity index is 1490. The maximum Gasteiger partial charge on any atom is 0.410 e. The van der Waals surface area contributed by atoms with E-state index in [2.05, 4.69) is 19.7 Å². The summed E-state index contributed by atoms with van der Waals surface area (Å²) in [6, 6.07) is 13.3. The van der Waals surface area contributed by atoms with Crippen LogP contribution in [-0.4, -0.2) is 95.5 Å². The predicted octanol–water partition coefficient (Wildman–Crippen LogP) is 3.78. The quantitative estimate of drug-likeness (QED) is 0.0972. The molecule has 1 N–H and O–H groups in total. The van der Waals surface area contributed by atoms with Crippen LogP contribution in [0.5, 0.6) is 0 Å². The molecule has 226 valence electrons. The van der Waals surface area contributed by atoms with E-state index in [4.69, 9.17) is 39.7 Å². The van der Waals surface area contributed by atoms with Gasteiger partial charge in [0.1, 0.15) is 22.5 Å². The summed E-state index contributed by atoms with van der Waals surface area (Å²) in [7, 11) is 2.01. The van der Waals surface area contributed by atoms with Crippen LogP contribution in [0.1, 0.15) is 5.82 Å². The van der Waals surface area contributed by atoms with E-state index in [-0.39, 0.29) is 0 Å². The van der Waals surface area contributed by atoms with Crippen LogP contribution in [0.2, 0.25) is 0 Å². The first kappa shape index (κ1) is 31.7. The van der Waals surface area contributed by atoms with Gasteiger partial charge in [0.2, 0.25) is 4.85 Å². The van der Waals surface area contributed by atoms with Crippen LogP contribution in [0.4, 0.5) is 5.69 Å². The largest absolute Gasteiger partial charge is 0.453 e. The molecule has 0 bridgehead atoms. The lowest BCUT2D eigenvalue weighted by Crippen LogP contribution is -2.23. The van der Waals surface area contributed by atoms with Gasteiger partial charge in [-0.1, -0.05) is 0 Å². The number of anilines is 1. The molecule has 0 atom stereocenters. The first-order chi connectivity index (χ1) is 20.6. The molecule has 0 aliphatic carbocycles. The monoisotopic (exact) mass is 601 g/mol. The van der Waals surface area contributed by atoms with Crippen LogP contribution < -0.4 is 15.1 Å². The summed E-state index contributed by atoms with van der Waals surface area (Å²) in [5, 5.41) is 0.944. The lowest BCUT2D eigenvalue weighted by Gasteiger charge is -2.19. The van der Waals surface area contributed by atoms with Crippen molar-refractivity contribution in [2.75, 3.05) is 90.4 Å². The maximum absolute atomic E-state index is 11.6. The third kappa shape index (κ3) is 9.11. The molecule has 4 aromatic rings. The SMILES string of the molecule is Cc1nc2c(ccc3c(=[N+]=O)cc(-c4ccc(N(C)CCOCCOCCOCCOCCOCCCl)cc4)oc32)[nH]1. The van der Waals surface area contributed by atoms with Gasteiger partial charge in [-0.25, -0.2) is 4.98 Å². The summed E-state index contributed by atoms with van der Waals surface area (Å²) in [4.78, 5) is 24.7. The highest BCUT2D eigenvalue weighted by molar-refractivity contribution is 6.17. The van der Waals surface area contributed by atoms with Crippen molar-refractivity contribution in [3.63, 3.8) is 0 Å². The third-order valence-electron chi connectivity index (χ3n) is 6.45. The number of alkyl halides is 1. The summed E-state index contributed by atoms with van der Waals surface area (Å²) in [6.07, 6.45) is 0. The molecule has 2 aromatic heterocycles. The Morgan fingerprint density at radius 2 is 1.45 bits per heavy atom. The van der Waals surface area contributed by atoms with Crippen LogP contribution >= 0.6 is 11.6 Å². The van der Waals surface area contributed by atoms with Crippen molar-refractivity contribution < 1.29 is 28.1 Å². The average Bonchev–Trinajstić information content (AvgIpc) is 3.41. The number of benzene rings is 2. The Hall–Kier alpha value is -3.28. The third-order valence-corrected chi connectivity index (χ3v) is 6.61. The standard InChI is InChI=1S/C30H37ClN4O7/c1-22-32-26-8-7-25-27(34-36)21-28(42-30(25)29(26)33-22)23-3-5-24(6-4-23)35(2)10-12-38-14-16-40-18-20-41-19-17-39-15-13-37-11-9-31/h3-8,21H,9-20H2,1-2H3/p+1. The van der Waals surface area contributed by atoms with Crippen LogP contribution in [-0.2, 0) is 23.7 Å². The van der Waals surface area contributed by atoms with Crippen molar-refractivity contribution in [2.24, 2.45) is 0 Å². The van der Waals surface area contributed by atoms with E-state index in [0.29, 0.717) is 99.6 Å². The molecule has 0 radical (unpaired) electrons. The predicted molar refractivity (Wildman–Crippen MR) is 163 cm³/mol. The molecule has 12 heteroatoms. The topological polar surface area (TPSA) is 122 Å². The van der Waals surface area contributed by atoms with E-state index >= 15 is 0 Å². The van der Waals surface area contributed by atoms with Gasteiger partial charge < -0.3 is 38.0 Å². The second-order valence-corrected chi connectivity index (χ2v) is 9.85. The van der Waals surface area contributed by atoms with E-state index in [0.717, 1.165) is 29.1 Å². The zero-order chi connectivity index (χ0) is 29.6. The van der Waals surface area contributed by atoms with E-state index < -0.39 is 0 Å². The summed E-state index contributed by atoms with van der Waals surface area (Å²) in [5.74, 6) is 1.81. The Morgan fingerprint density at radius 1 is 0.857 bits per heavy atom. The van der Waals surface area contributed by atoms with Crippen molar-refractivity contribution >= 4 is 39.3 Å². The average molecular weight is 602 g/mol. The fourth-order valence-electron chi connectivity index (χ4n) is 4.28. The van der Waals surface area contributed by atoms with Crippen molar-refractivity contribution in [2.45, 2.75) is 6.92 Å². The van der Waals surface area contributed by atoms with Crippen molar-refractivity contribution in [3.05, 3.63) is 58.6 Å². The minimum Gasteiger partial charge on any atom is -0.453 e. The van der Waals surface area contributed by atoms with Gasteiger partial charge in [-0.3, -0.25) is 0 Å². The number of ether oxygens (including phenoxy) is 5. The molecule has 0 fully saturated rings. The lowest BCUT2D eigenvalue weighted by molar-refractivity contribution is -0.00958. The number of nitrogens with one attached hydrogen (secondary N) is 1. The normalized spacial score (nSPS) is 11.4. The van der Waals surface area contributed by atoms with Gasteiger partial charge in [0.25, 0.3) is 0 Å². The number of halogens is 1. The molecule has 0 unspecified atom stereocenters. The maximum atomic E-state index is 11.6. The Balaban J connectivity index is 1.15. The Labute approximate surface area is 249 Å². The van der Waals surface area contributed by atoms with Gasteiger partial charge in [-0.2, -0.15) is 0 Å². The van der Waals surface area contributed by atoms with Crippen molar-refractivity contribution in [3.8, 4) is 11.3 Å². The van der Waals surface area contributed by atoms with Gasteiger partial charge >= 0.3 is 5.36 Å². The zero-order valence-electron chi connectivity index (χ0n) is 24.1. The van der Waals surface area contributed by atoms with E-state index in [1.54, 1.807) is 6.07 Å². The molecular weight excluding hydrogens is 564 g/mol. The number of nitrogens with zero attached hydrogens (tertiary/aromatic N) is 3. The smallest absolute Gasteiger partial charge is 0.410 e. The van der Waals surface area contributed by atoms with Gasteiger partial charge in [0.05, 0.1) is 77.7 Å². The van der Waals surface area contributed by atoms with Crippen LogP contribution in [0.15, 0.2) is 46.9 Å². The molecule has 0 aliphatic rings. The number of fused-ring (bicyclic) bond motifs is 3. The van der Waals surface area contributed by atoms with Crippen molar-refractivity contribution in [1.29, 1.82) is 0 Å². The molecule has 2 heterocycles. The summed E-state index contributed by atoms with van der Waals surface area (Å²) >= 11 is 5.53. The number of aryl methyl sites for hydroxylation is 1. The molecule has 42 heavy (non-hydrogen) atoms. The molecule has 0 saturated carbocycles. The van der Waals surface area contributed by atoms with Gasteiger partial charge in [0.15, 0.2) is 10.5 Å². The highest BCUT2D eigenvalue weighted by atomic mass is 35.5. The number of hydrogen-bond donors (Lipinski definition) is 1. The van der Waals surface area contributed by atoms with Gasteiger partial charge in [-0.15, -0.1) is 11.6 Å². The molecule has 0 aliphatic heterocycles. The van der Waals surface area contributed by atoms with Crippen molar-refractivity contribution in [1.82, 2.24) is 14.8 Å². The number of rotatable bonds is 19. The first-order valence-corrected chi connectivity index (χ1v) is 14.5. The molecule has 4 rings (SSSR count). The zero-order valence-corrected chi connectivity index (χ0v) is 24.9. The second kappa shape index (κ2) is 17.0. The number of nitroso groups, excluding NO2 is 1.